The minimum Gasteiger partial charge on any atom is -0.460 e. The number of Topliss-reactive ketones (excluding diaryl/α,β-unsaturated/α-hetero) is 1. The summed E-state index contributed by atoms with van der Waals surface area (Å²) in [4.78, 5) is 51.1. The SMILES string of the molecule is CC(=O)O[C@H](C1C(=O)C1c1ccccc1)[C@@H](NC(=O)[C@H](CC(C)C)NC(=O)OCC1CCCCC1)C(C)C. The molecule has 38 heavy (non-hydrogen) atoms. The molecule has 2 saturated carbocycles. The van der Waals surface area contributed by atoms with Crippen molar-refractivity contribution in [3.05, 3.63) is 35.9 Å². The quantitative estimate of drug-likeness (QED) is 0.378. The number of benzene rings is 1. The standard InChI is InChI=1S/C30H44N2O6/c1-18(2)16-23(31-30(36)37-17-21-12-8-6-9-13-21)29(35)32-26(19(3)4)28(38-20(5)33)25-24(27(25)34)22-14-10-7-11-15-22/h7,10-11,14-15,18-19,21,23-26,28H,6,8-9,12-13,16-17H2,1-5H3,(H,31,36)(H,32,35)/t23-,24?,25?,26-,28+/m0/s1. The number of nitrogens with one attached hydrogen (secondary N) is 2. The number of carbonyl (C=O) groups excluding carboxylic acids is 4. The second-order valence-corrected chi connectivity index (χ2v) is 11.6. The molecular weight excluding hydrogens is 484 g/mol. The molecule has 2 aliphatic carbocycles. The number of hydrogen-bond donors (Lipinski definition) is 2. The first-order valence-corrected chi connectivity index (χ1v) is 14.1. The van der Waals surface area contributed by atoms with Crippen LogP contribution in [0.5, 0.6) is 0 Å². The molecule has 5 atom stereocenters. The van der Waals surface area contributed by atoms with Gasteiger partial charge in [-0.2, -0.15) is 0 Å². The molecule has 2 aliphatic rings. The molecule has 2 fully saturated rings. The van der Waals surface area contributed by atoms with Crippen LogP contribution >= 0.6 is 0 Å². The average molecular weight is 529 g/mol. The highest BCUT2D eigenvalue weighted by Crippen LogP contribution is 2.47. The van der Waals surface area contributed by atoms with E-state index in [2.05, 4.69) is 10.6 Å². The molecule has 0 spiro atoms. The van der Waals surface area contributed by atoms with Crippen LogP contribution in [0.2, 0.25) is 0 Å². The van der Waals surface area contributed by atoms with Gasteiger partial charge < -0.3 is 20.1 Å². The molecule has 0 aromatic heterocycles. The van der Waals surface area contributed by atoms with Crippen LogP contribution in [0.4, 0.5) is 4.79 Å². The second kappa shape index (κ2) is 13.8. The molecule has 0 aliphatic heterocycles. The maximum atomic E-state index is 13.5. The Balaban J connectivity index is 1.70. The topological polar surface area (TPSA) is 111 Å². The number of rotatable bonds is 12. The maximum Gasteiger partial charge on any atom is 0.407 e. The summed E-state index contributed by atoms with van der Waals surface area (Å²) in [5.74, 6) is -1.44. The number of alkyl carbamates (subject to hydrolysis) is 1. The van der Waals surface area contributed by atoms with Crippen LogP contribution in [0.15, 0.2) is 30.3 Å². The fourth-order valence-electron chi connectivity index (χ4n) is 5.53. The molecular formula is C30H44N2O6. The van der Waals surface area contributed by atoms with Crippen molar-refractivity contribution in [3.63, 3.8) is 0 Å². The third-order valence-corrected chi connectivity index (χ3v) is 7.57. The van der Waals surface area contributed by atoms with Gasteiger partial charge in [-0.1, -0.05) is 77.3 Å². The van der Waals surface area contributed by atoms with Gasteiger partial charge in [-0.15, -0.1) is 0 Å². The van der Waals surface area contributed by atoms with Gasteiger partial charge >= 0.3 is 12.1 Å². The molecule has 8 heteroatoms. The van der Waals surface area contributed by atoms with Crippen molar-refractivity contribution < 1.29 is 28.7 Å². The molecule has 2 N–H and O–H groups in total. The van der Waals surface area contributed by atoms with Crippen LogP contribution in [0.1, 0.15) is 84.6 Å². The third kappa shape index (κ3) is 8.30. The predicted octanol–water partition coefficient (Wildman–Crippen LogP) is 4.76. The van der Waals surface area contributed by atoms with Crippen LogP contribution in [0.3, 0.4) is 0 Å². The lowest BCUT2D eigenvalue weighted by molar-refractivity contribution is -0.151. The Morgan fingerprint density at radius 3 is 2.21 bits per heavy atom. The zero-order chi connectivity index (χ0) is 27.8. The molecule has 1 aromatic rings. The number of carbonyl (C=O) groups is 4. The van der Waals surface area contributed by atoms with E-state index >= 15 is 0 Å². The van der Waals surface area contributed by atoms with Crippen molar-refractivity contribution in [2.75, 3.05) is 6.61 Å². The molecule has 210 valence electrons. The highest BCUT2D eigenvalue weighted by atomic mass is 16.6. The molecule has 8 nitrogen and oxygen atoms in total. The molecule has 1 aromatic carbocycles. The van der Waals surface area contributed by atoms with Crippen molar-refractivity contribution in [1.29, 1.82) is 0 Å². The Hall–Kier alpha value is -2.90. The molecule has 0 bridgehead atoms. The number of ether oxygens (including phenoxy) is 2. The Kier molecular flexibility index (Phi) is 10.7. The first-order chi connectivity index (χ1) is 18.1. The van der Waals surface area contributed by atoms with Gasteiger partial charge in [0.1, 0.15) is 17.9 Å². The van der Waals surface area contributed by atoms with Gasteiger partial charge in [-0.3, -0.25) is 14.4 Å². The largest absolute Gasteiger partial charge is 0.460 e. The first-order valence-electron chi connectivity index (χ1n) is 14.1. The van der Waals surface area contributed by atoms with Crippen LogP contribution in [-0.4, -0.2) is 48.5 Å². The molecule has 2 amide bonds. The van der Waals surface area contributed by atoms with E-state index in [-0.39, 0.29) is 29.4 Å². The summed E-state index contributed by atoms with van der Waals surface area (Å²) in [6.07, 6.45) is 4.65. The molecule has 0 saturated heterocycles. The van der Waals surface area contributed by atoms with E-state index < -0.39 is 36.2 Å². The van der Waals surface area contributed by atoms with Crippen molar-refractivity contribution in [2.24, 2.45) is 23.7 Å². The van der Waals surface area contributed by atoms with Crippen LogP contribution < -0.4 is 10.6 Å². The fraction of sp³-hybridized carbons (Fsp3) is 0.667. The summed E-state index contributed by atoms with van der Waals surface area (Å²) in [7, 11) is 0. The number of hydrogen-bond acceptors (Lipinski definition) is 6. The van der Waals surface area contributed by atoms with Crippen LogP contribution in [-0.2, 0) is 23.9 Å². The van der Waals surface area contributed by atoms with E-state index in [0.717, 1.165) is 31.2 Å². The Bertz CT molecular complexity index is 957. The maximum absolute atomic E-state index is 13.5. The zero-order valence-electron chi connectivity index (χ0n) is 23.4. The smallest absolute Gasteiger partial charge is 0.407 e. The van der Waals surface area contributed by atoms with E-state index in [9.17, 15) is 19.2 Å². The van der Waals surface area contributed by atoms with E-state index in [1.807, 2.05) is 58.0 Å². The van der Waals surface area contributed by atoms with Gasteiger partial charge in [-0.05, 0) is 42.6 Å². The number of ketones is 1. The highest BCUT2D eigenvalue weighted by Gasteiger charge is 2.58. The third-order valence-electron chi connectivity index (χ3n) is 7.57. The van der Waals surface area contributed by atoms with Gasteiger partial charge in [0.05, 0.1) is 24.5 Å². The van der Waals surface area contributed by atoms with Gasteiger partial charge in [0, 0.05) is 6.92 Å². The lowest BCUT2D eigenvalue weighted by atomic mass is 9.90. The lowest BCUT2D eigenvalue weighted by Gasteiger charge is -2.32. The summed E-state index contributed by atoms with van der Waals surface area (Å²) in [6, 6.07) is 7.98. The van der Waals surface area contributed by atoms with Crippen LogP contribution in [0.25, 0.3) is 0 Å². The van der Waals surface area contributed by atoms with Gasteiger partial charge in [0.25, 0.3) is 0 Å². The van der Waals surface area contributed by atoms with Crippen molar-refractivity contribution in [1.82, 2.24) is 10.6 Å². The Morgan fingerprint density at radius 1 is 0.974 bits per heavy atom. The fourth-order valence-corrected chi connectivity index (χ4v) is 5.53. The lowest BCUT2D eigenvalue weighted by Crippen LogP contribution is -2.56. The van der Waals surface area contributed by atoms with Crippen molar-refractivity contribution in [3.8, 4) is 0 Å². The minimum atomic E-state index is -0.813. The predicted molar refractivity (Wildman–Crippen MR) is 144 cm³/mol. The summed E-state index contributed by atoms with van der Waals surface area (Å²) in [6.45, 7) is 9.44. The molecule has 2 unspecified atom stereocenters. The van der Waals surface area contributed by atoms with Gasteiger partial charge in [0.15, 0.2) is 0 Å². The minimum absolute atomic E-state index is 0.00880. The number of amides is 2. The molecule has 3 rings (SSSR count). The summed E-state index contributed by atoms with van der Waals surface area (Å²) < 4.78 is 11.2. The second-order valence-electron chi connectivity index (χ2n) is 11.6. The number of esters is 1. The van der Waals surface area contributed by atoms with E-state index in [0.29, 0.717) is 18.9 Å². The zero-order valence-corrected chi connectivity index (χ0v) is 23.4. The normalized spacial score (nSPS) is 21.9. The van der Waals surface area contributed by atoms with E-state index in [1.54, 1.807) is 0 Å². The monoisotopic (exact) mass is 528 g/mol. The first kappa shape index (κ1) is 29.7. The molecule has 0 heterocycles. The summed E-state index contributed by atoms with van der Waals surface area (Å²) in [5, 5.41) is 5.77. The van der Waals surface area contributed by atoms with Crippen molar-refractivity contribution in [2.45, 2.75) is 97.2 Å². The van der Waals surface area contributed by atoms with E-state index in [4.69, 9.17) is 9.47 Å². The highest BCUT2D eigenvalue weighted by molar-refractivity contribution is 6.05. The Morgan fingerprint density at radius 2 is 1.63 bits per heavy atom. The van der Waals surface area contributed by atoms with Gasteiger partial charge in [-0.25, -0.2) is 4.79 Å². The van der Waals surface area contributed by atoms with E-state index in [1.165, 1.54) is 13.3 Å². The summed E-state index contributed by atoms with van der Waals surface area (Å²) >= 11 is 0. The van der Waals surface area contributed by atoms with Crippen molar-refractivity contribution >= 4 is 23.8 Å². The molecule has 0 radical (unpaired) electrons. The average Bonchev–Trinajstić information content (AvgIpc) is 3.55. The summed E-state index contributed by atoms with van der Waals surface area (Å²) in [5.41, 5.74) is 0.869. The van der Waals surface area contributed by atoms with Gasteiger partial charge in [0.2, 0.25) is 5.91 Å². The Labute approximate surface area is 226 Å². The van der Waals surface area contributed by atoms with Crippen LogP contribution in [0, 0.1) is 23.7 Å².